The zero-order valence-electron chi connectivity index (χ0n) is 26.2. The van der Waals surface area contributed by atoms with Gasteiger partial charge in [0, 0.05) is 31.0 Å². The van der Waals surface area contributed by atoms with Crippen LogP contribution in [-0.2, 0) is 0 Å². The van der Waals surface area contributed by atoms with E-state index >= 15 is 0 Å². The van der Waals surface area contributed by atoms with Crippen molar-refractivity contribution in [2.75, 3.05) is 13.1 Å². The highest BCUT2D eigenvalue weighted by Crippen LogP contribution is 2.34. The maximum absolute atomic E-state index is 13.9. The second kappa shape index (κ2) is 15.2. The van der Waals surface area contributed by atoms with E-state index < -0.39 is 13.0 Å². The third kappa shape index (κ3) is 8.12. The predicted octanol–water partition coefficient (Wildman–Crippen LogP) is 9.60. The maximum Gasteiger partial charge on any atom is 0.320 e. The lowest BCUT2D eigenvalue weighted by atomic mass is 9.92. The summed E-state index contributed by atoms with van der Waals surface area (Å²) in [6.45, 7) is 5.99. The van der Waals surface area contributed by atoms with E-state index in [9.17, 15) is 27.5 Å². The number of fused-ring (bicyclic) bond motifs is 1. The van der Waals surface area contributed by atoms with Gasteiger partial charge in [-0.2, -0.15) is 8.78 Å². The van der Waals surface area contributed by atoms with Crippen molar-refractivity contribution >= 4 is 22.5 Å². The zero-order valence-corrected chi connectivity index (χ0v) is 26.2. The molecule has 0 aliphatic carbocycles. The molecule has 0 spiro atoms. The lowest BCUT2D eigenvalue weighted by molar-refractivity contribution is 0.0634. The first-order chi connectivity index (χ1) is 21.5. The van der Waals surface area contributed by atoms with Gasteiger partial charge in [-0.25, -0.2) is 13.8 Å². The van der Waals surface area contributed by atoms with Gasteiger partial charge in [0.1, 0.15) is 11.6 Å². The summed E-state index contributed by atoms with van der Waals surface area (Å²) in [5, 5.41) is 9.89. The minimum atomic E-state index is -2.66. The molecule has 1 saturated heterocycles. The number of alkyl halides is 4. The number of carbonyl (C=O) groups is 1. The number of hydrogen-bond acceptors (Lipinski definition) is 3. The van der Waals surface area contributed by atoms with E-state index in [-0.39, 0.29) is 29.9 Å². The van der Waals surface area contributed by atoms with Crippen molar-refractivity contribution in [3.63, 3.8) is 0 Å². The Morgan fingerprint density at radius 2 is 1.71 bits per heavy atom. The number of imidazole rings is 1. The molecule has 1 fully saturated rings. The number of hydrogen-bond donors (Lipinski definition) is 1. The summed E-state index contributed by atoms with van der Waals surface area (Å²) in [5.41, 5.74) is 5.45. The van der Waals surface area contributed by atoms with Gasteiger partial charge in [0.2, 0.25) is 6.43 Å². The largest absolute Gasteiger partial charge is 0.508 e. The van der Waals surface area contributed by atoms with Crippen molar-refractivity contribution < 1.29 is 27.5 Å². The number of piperidine rings is 1. The van der Waals surface area contributed by atoms with Crippen LogP contribution in [-0.4, -0.2) is 45.0 Å². The van der Waals surface area contributed by atoms with E-state index in [1.165, 1.54) is 0 Å². The Labute approximate surface area is 262 Å². The molecule has 0 radical (unpaired) electrons. The molecule has 1 aromatic heterocycles. The van der Waals surface area contributed by atoms with Crippen molar-refractivity contribution in [2.24, 2.45) is 5.92 Å². The molecular formula is C36H41F4N3O2. The summed E-state index contributed by atoms with van der Waals surface area (Å²) >= 11 is 0. The standard InChI is InChI=1S/C30H29F2N3O2.C6H12F2/c1-3-24(21-7-6-8-23(36)18-21)25-12-11-22(17-19(25)2)29(37)34-15-13-20(14-16-34)28-33-26-9-4-5-10-27(26)35(28)30(31)32;1-3-5(2)4-6(7)8/h3-12,17-18,20,30,36H,13-16H2,1-2H3;5-6H,3-4H2,1-2H3/b24-3-;. The Bertz CT molecular complexity index is 1620. The van der Waals surface area contributed by atoms with Crippen molar-refractivity contribution in [1.29, 1.82) is 0 Å². The van der Waals surface area contributed by atoms with Crippen LogP contribution in [0.4, 0.5) is 17.6 Å². The van der Waals surface area contributed by atoms with Crippen LogP contribution in [0, 0.1) is 12.8 Å². The molecule has 3 aromatic carbocycles. The quantitative estimate of drug-likeness (QED) is 0.199. The highest BCUT2D eigenvalue weighted by atomic mass is 19.3. The molecule has 0 saturated carbocycles. The summed E-state index contributed by atoms with van der Waals surface area (Å²) in [4.78, 5) is 19.6. The number of likely N-dealkylation sites (tertiary alicyclic amines) is 1. The van der Waals surface area contributed by atoms with E-state index in [1.54, 1.807) is 47.4 Å². The second-order valence-electron chi connectivity index (χ2n) is 11.6. The number of aryl methyl sites for hydroxylation is 1. The van der Waals surface area contributed by atoms with Crippen LogP contribution in [0.15, 0.2) is 72.8 Å². The Hall–Kier alpha value is -4.14. The number of halogens is 4. The number of allylic oxidation sites excluding steroid dienone is 1. The predicted molar refractivity (Wildman–Crippen MR) is 171 cm³/mol. The number of para-hydroxylation sites is 2. The van der Waals surface area contributed by atoms with E-state index in [4.69, 9.17) is 0 Å². The van der Waals surface area contributed by atoms with E-state index in [0.717, 1.165) is 33.3 Å². The van der Waals surface area contributed by atoms with Crippen molar-refractivity contribution in [3.8, 4) is 5.75 Å². The minimum Gasteiger partial charge on any atom is -0.508 e. The van der Waals surface area contributed by atoms with Crippen molar-refractivity contribution in [3.05, 3.63) is 101 Å². The maximum atomic E-state index is 13.9. The molecule has 1 aliphatic rings. The molecular weight excluding hydrogens is 582 g/mol. The number of carbonyl (C=O) groups excluding carboxylic acids is 1. The number of phenolic OH excluding ortho intramolecular Hbond substituents is 1. The van der Waals surface area contributed by atoms with Crippen molar-refractivity contribution in [2.45, 2.75) is 72.3 Å². The first-order valence-electron chi connectivity index (χ1n) is 15.4. The Balaban J connectivity index is 0.000000510. The SMILES string of the molecule is C/C=C(/c1cccc(O)c1)c1ccc(C(=O)N2CCC(c3nc4ccccc4n3C(F)F)CC2)cc1C.CCC(C)CC(F)F. The summed E-state index contributed by atoms with van der Waals surface area (Å²) in [6, 6.07) is 19.7. The highest BCUT2D eigenvalue weighted by molar-refractivity contribution is 5.95. The summed E-state index contributed by atoms with van der Waals surface area (Å²) in [5.74, 6) is 0.585. The second-order valence-corrected chi connectivity index (χ2v) is 11.6. The first-order valence-corrected chi connectivity index (χ1v) is 15.4. The van der Waals surface area contributed by atoms with Gasteiger partial charge in [0.15, 0.2) is 0 Å². The third-order valence-electron chi connectivity index (χ3n) is 8.45. The summed E-state index contributed by atoms with van der Waals surface area (Å²) < 4.78 is 51.8. The van der Waals surface area contributed by atoms with Crippen LogP contribution < -0.4 is 0 Å². The highest BCUT2D eigenvalue weighted by Gasteiger charge is 2.30. The van der Waals surface area contributed by atoms with Gasteiger partial charge in [-0.05, 0) is 91.3 Å². The van der Waals surface area contributed by atoms with Crippen LogP contribution in [0.5, 0.6) is 5.75 Å². The number of amides is 1. The monoisotopic (exact) mass is 623 g/mol. The first kappa shape index (κ1) is 33.7. The van der Waals surface area contributed by atoms with Gasteiger partial charge >= 0.3 is 6.55 Å². The fourth-order valence-electron chi connectivity index (χ4n) is 5.80. The van der Waals surface area contributed by atoms with Gasteiger partial charge in [-0.15, -0.1) is 0 Å². The lowest BCUT2D eigenvalue weighted by Crippen LogP contribution is -2.38. The van der Waals surface area contributed by atoms with Gasteiger partial charge in [0.25, 0.3) is 5.91 Å². The van der Waals surface area contributed by atoms with E-state index in [1.807, 2.05) is 58.0 Å². The van der Waals surface area contributed by atoms with Gasteiger partial charge in [-0.1, -0.05) is 56.7 Å². The van der Waals surface area contributed by atoms with Gasteiger partial charge in [0.05, 0.1) is 11.0 Å². The molecule has 9 heteroatoms. The van der Waals surface area contributed by atoms with Gasteiger partial charge < -0.3 is 10.0 Å². The van der Waals surface area contributed by atoms with Crippen LogP contribution in [0.25, 0.3) is 16.6 Å². The summed E-state index contributed by atoms with van der Waals surface area (Å²) in [7, 11) is 0. The molecule has 4 aromatic rings. The number of aromatic hydroxyl groups is 1. The molecule has 1 unspecified atom stereocenters. The number of phenols is 1. The van der Waals surface area contributed by atoms with E-state index in [0.29, 0.717) is 48.4 Å². The third-order valence-corrected chi connectivity index (χ3v) is 8.45. The van der Waals surface area contributed by atoms with Gasteiger partial charge in [-0.3, -0.25) is 9.36 Å². The zero-order chi connectivity index (χ0) is 32.7. The molecule has 1 amide bonds. The molecule has 1 aliphatic heterocycles. The molecule has 1 N–H and O–H groups in total. The molecule has 5 rings (SSSR count). The molecule has 45 heavy (non-hydrogen) atoms. The van der Waals surface area contributed by atoms with E-state index in [2.05, 4.69) is 4.98 Å². The fourth-order valence-corrected chi connectivity index (χ4v) is 5.80. The molecule has 0 bridgehead atoms. The number of nitrogens with zero attached hydrogens (tertiary/aromatic N) is 3. The molecule has 1 atom stereocenters. The average molecular weight is 624 g/mol. The van der Waals surface area contributed by atoms with Crippen LogP contribution in [0.3, 0.4) is 0 Å². The lowest BCUT2D eigenvalue weighted by Gasteiger charge is -2.32. The molecule has 2 heterocycles. The Morgan fingerprint density at radius 3 is 2.29 bits per heavy atom. The fraction of sp³-hybridized carbons (Fsp3) is 0.389. The molecule has 240 valence electrons. The van der Waals surface area contributed by atoms with Crippen molar-refractivity contribution in [1.82, 2.24) is 14.5 Å². The smallest absolute Gasteiger partial charge is 0.320 e. The van der Waals surface area contributed by atoms with Crippen LogP contribution in [0.2, 0.25) is 0 Å². The normalized spacial score (nSPS) is 15.0. The number of benzene rings is 3. The topological polar surface area (TPSA) is 58.4 Å². The van der Waals surface area contributed by atoms with Crippen LogP contribution in [0.1, 0.15) is 91.8 Å². The van der Waals surface area contributed by atoms with Crippen LogP contribution >= 0.6 is 0 Å². The average Bonchev–Trinajstić information content (AvgIpc) is 3.42. The minimum absolute atomic E-state index is 0.0521. The number of aromatic nitrogens is 2. The Kier molecular flexibility index (Phi) is 11.4. The Morgan fingerprint density at radius 1 is 1.00 bits per heavy atom. The molecule has 5 nitrogen and oxygen atoms in total. The summed E-state index contributed by atoms with van der Waals surface area (Å²) in [6.07, 6.45) is 1.94. The number of rotatable bonds is 8.